The van der Waals surface area contributed by atoms with E-state index in [9.17, 15) is 9.59 Å². The van der Waals surface area contributed by atoms with Crippen molar-refractivity contribution < 1.29 is 14.0 Å². The third-order valence-electron chi connectivity index (χ3n) is 4.46. The van der Waals surface area contributed by atoms with Gasteiger partial charge in [0.1, 0.15) is 5.76 Å². The molecule has 2 fully saturated rings. The standard InChI is InChI=1S/C16H24N4O3/c1-11-9-20(12-4-5-12)10-14(11)19-15(21)8-18-16(22)17-7-13-3-2-6-23-13/h2-3,6,11-12,14H,4-5,7-10H2,1H3,(H,19,21)(H2,17,18,22)/t11-,14-/m0/s1. The van der Waals surface area contributed by atoms with E-state index in [0.29, 0.717) is 18.2 Å². The van der Waals surface area contributed by atoms with Crippen LogP contribution in [-0.4, -0.2) is 48.6 Å². The van der Waals surface area contributed by atoms with Gasteiger partial charge >= 0.3 is 6.03 Å². The van der Waals surface area contributed by atoms with E-state index in [-0.39, 0.29) is 24.5 Å². The first kappa shape index (κ1) is 15.9. The van der Waals surface area contributed by atoms with Gasteiger partial charge < -0.3 is 20.4 Å². The molecule has 7 nitrogen and oxygen atoms in total. The molecule has 2 atom stereocenters. The van der Waals surface area contributed by atoms with E-state index >= 15 is 0 Å². The first-order chi connectivity index (χ1) is 11.1. The highest BCUT2D eigenvalue weighted by molar-refractivity contribution is 5.84. The van der Waals surface area contributed by atoms with Crippen LogP contribution in [0.1, 0.15) is 25.5 Å². The van der Waals surface area contributed by atoms with E-state index < -0.39 is 0 Å². The van der Waals surface area contributed by atoms with E-state index in [2.05, 4.69) is 27.8 Å². The van der Waals surface area contributed by atoms with Crippen LogP contribution < -0.4 is 16.0 Å². The zero-order valence-corrected chi connectivity index (χ0v) is 13.4. The third-order valence-corrected chi connectivity index (χ3v) is 4.46. The van der Waals surface area contributed by atoms with Crippen LogP contribution in [0, 0.1) is 5.92 Å². The van der Waals surface area contributed by atoms with Crippen molar-refractivity contribution in [1.29, 1.82) is 0 Å². The van der Waals surface area contributed by atoms with Crippen LogP contribution >= 0.6 is 0 Å². The van der Waals surface area contributed by atoms with Crippen LogP contribution in [0.25, 0.3) is 0 Å². The molecular formula is C16H24N4O3. The molecule has 23 heavy (non-hydrogen) atoms. The summed E-state index contributed by atoms with van der Waals surface area (Å²) in [4.78, 5) is 26.1. The van der Waals surface area contributed by atoms with E-state index in [1.807, 2.05) is 0 Å². The molecule has 3 N–H and O–H groups in total. The number of urea groups is 1. The number of amides is 3. The lowest BCUT2D eigenvalue weighted by Crippen LogP contribution is -2.46. The van der Waals surface area contributed by atoms with E-state index in [0.717, 1.165) is 19.1 Å². The molecule has 1 aromatic heterocycles. The molecule has 7 heteroatoms. The van der Waals surface area contributed by atoms with Crippen molar-refractivity contribution in [3.8, 4) is 0 Å². The highest BCUT2D eigenvalue weighted by atomic mass is 16.3. The summed E-state index contributed by atoms with van der Waals surface area (Å²) in [7, 11) is 0. The lowest BCUT2D eigenvalue weighted by atomic mass is 10.1. The van der Waals surface area contributed by atoms with Crippen LogP contribution in [0.15, 0.2) is 22.8 Å². The Morgan fingerprint density at radius 3 is 2.83 bits per heavy atom. The molecule has 3 amide bonds. The molecule has 1 saturated heterocycles. The summed E-state index contributed by atoms with van der Waals surface area (Å²) >= 11 is 0. The Kier molecular flexibility index (Phi) is 4.85. The number of hydrogen-bond acceptors (Lipinski definition) is 4. The summed E-state index contributed by atoms with van der Waals surface area (Å²) in [5.41, 5.74) is 0. The minimum atomic E-state index is -0.379. The van der Waals surface area contributed by atoms with Gasteiger partial charge in [-0.2, -0.15) is 0 Å². The lowest BCUT2D eigenvalue weighted by molar-refractivity contribution is -0.120. The highest BCUT2D eigenvalue weighted by Gasteiger charge is 2.38. The number of furan rings is 1. The predicted molar refractivity (Wildman–Crippen MR) is 84.6 cm³/mol. The molecule has 2 aliphatic rings. The Morgan fingerprint density at radius 2 is 2.13 bits per heavy atom. The number of likely N-dealkylation sites (tertiary alicyclic amines) is 1. The minimum Gasteiger partial charge on any atom is -0.467 e. The largest absolute Gasteiger partial charge is 0.467 e. The Hall–Kier alpha value is -2.02. The van der Waals surface area contributed by atoms with E-state index in [1.165, 1.54) is 12.8 Å². The SMILES string of the molecule is C[C@H]1CN(C2CC2)C[C@@H]1NC(=O)CNC(=O)NCc1ccco1. The fourth-order valence-corrected chi connectivity index (χ4v) is 2.99. The van der Waals surface area contributed by atoms with Crippen LogP contribution in [0.2, 0.25) is 0 Å². The normalized spacial score (nSPS) is 24.4. The number of carbonyl (C=O) groups is 2. The van der Waals surface area contributed by atoms with Gasteiger partial charge in [0.2, 0.25) is 5.91 Å². The summed E-state index contributed by atoms with van der Waals surface area (Å²) < 4.78 is 5.12. The summed E-state index contributed by atoms with van der Waals surface area (Å²) in [6.07, 6.45) is 4.12. The number of hydrogen-bond donors (Lipinski definition) is 3. The zero-order valence-electron chi connectivity index (χ0n) is 13.4. The molecule has 3 rings (SSSR count). The average Bonchev–Trinajstić information content (AvgIpc) is 3.13. The first-order valence-corrected chi connectivity index (χ1v) is 8.19. The predicted octanol–water partition coefficient (Wildman–Crippen LogP) is 0.678. The molecule has 2 heterocycles. The zero-order chi connectivity index (χ0) is 16.2. The average molecular weight is 320 g/mol. The topological polar surface area (TPSA) is 86.6 Å². The summed E-state index contributed by atoms with van der Waals surface area (Å²) in [6.45, 7) is 4.42. The van der Waals surface area contributed by atoms with Crippen molar-refractivity contribution >= 4 is 11.9 Å². The molecule has 0 aromatic carbocycles. The molecular weight excluding hydrogens is 296 g/mol. The molecule has 1 aliphatic carbocycles. The van der Waals surface area contributed by atoms with Gasteiger partial charge in [-0.25, -0.2) is 4.79 Å². The Bertz CT molecular complexity index is 542. The highest BCUT2D eigenvalue weighted by Crippen LogP contribution is 2.31. The van der Waals surface area contributed by atoms with Gasteiger partial charge in [0.15, 0.2) is 0 Å². The Labute approximate surface area is 135 Å². The maximum Gasteiger partial charge on any atom is 0.315 e. The maximum atomic E-state index is 12.0. The summed E-state index contributed by atoms with van der Waals surface area (Å²) in [5.74, 6) is 0.976. The molecule has 0 radical (unpaired) electrons. The third kappa shape index (κ3) is 4.48. The summed E-state index contributed by atoms with van der Waals surface area (Å²) in [5, 5.41) is 8.23. The van der Waals surface area contributed by atoms with E-state index in [1.54, 1.807) is 18.4 Å². The number of nitrogens with zero attached hydrogens (tertiary/aromatic N) is 1. The van der Waals surface area contributed by atoms with Crippen LogP contribution in [0.3, 0.4) is 0 Å². The maximum absolute atomic E-state index is 12.0. The lowest BCUT2D eigenvalue weighted by Gasteiger charge is -2.17. The van der Waals surface area contributed by atoms with Crippen LogP contribution in [0.5, 0.6) is 0 Å². The number of carbonyl (C=O) groups excluding carboxylic acids is 2. The fraction of sp³-hybridized carbons (Fsp3) is 0.625. The van der Waals surface area contributed by atoms with E-state index in [4.69, 9.17) is 4.42 Å². The first-order valence-electron chi connectivity index (χ1n) is 8.19. The van der Waals surface area contributed by atoms with Gasteiger partial charge in [0.05, 0.1) is 19.4 Å². The van der Waals surface area contributed by atoms with Gasteiger partial charge in [0.25, 0.3) is 0 Å². The molecule has 1 aromatic rings. The number of nitrogens with one attached hydrogen (secondary N) is 3. The quantitative estimate of drug-likeness (QED) is 0.719. The molecule has 0 spiro atoms. The van der Waals surface area contributed by atoms with Crippen molar-refractivity contribution in [2.45, 2.75) is 38.4 Å². The summed E-state index contributed by atoms with van der Waals surface area (Å²) in [6, 6.07) is 4.06. The minimum absolute atomic E-state index is 0.0172. The second kappa shape index (κ2) is 7.04. The second-order valence-electron chi connectivity index (χ2n) is 6.45. The van der Waals surface area contributed by atoms with Crippen LogP contribution in [0.4, 0.5) is 4.79 Å². The molecule has 1 saturated carbocycles. The Balaban J connectivity index is 1.33. The van der Waals surface area contributed by atoms with Gasteiger partial charge in [-0.05, 0) is 30.9 Å². The molecule has 0 unspecified atom stereocenters. The smallest absolute Gasteiger partial charge is 0.315 e. The van der Waals surface area contributed by atoms with Gasteiger partial charge in [-0.15, -0.1) is 0 Å². The fourth-order valence-electron chi connectivity index (χ4n) is 2.99. The second-order valence-corrected chi connectivity index (χ2v) is 6.45. The molecule has 126 valence electrons. The van der Waals surface area contributed by atoms with Gasteiger partial charge in [0, 0.05) is 25.2 Å². The van der Waals surface area contributed by atoms with Crippen molar-refractivity contribution in [1.82, 2.24) is 20.9 Å². The van der Waals surface area contributed by atoms with Crippen molar-refractivity contribution in [2.24, 2.45) is 5.92 Å². The molecule has 1 aliphatic heterocycles. The van der Waals surface area contributed by atoms with Crippen molar-refractivity contribution in [3.63, 3.8) is 0 Å². The Morgan fingerprint density at radius 1 is 1.30 bits per heavy atom. The van der Waals surface area contributed by atoms with Gasteiger partial charge in [-0.1, -0.05) is 6.92 Å². The van der Waals surface area contributed by atoms with Crippen molar-refractivity contribution in [2.75, 3.05) is 19.6 Å². The molecule has 0 bridgehead atoms. The number of rotatable bonds is 6. The van der Waals surface area contributed by atoms with Crippen molar-refractivity contribution in [3.05, 3.63) is 24.2 Å². The monoisotopic (exact) mass is 320 g/mol. The van der Waals surface area contributed by atoms with Gasteiger partial charge in [-0.3, -0.25) is 9.69 Å². The van der Waals surface area contributed by atoms with Crippen LogP contribution in [-0.2, 0) is 11.3 Å².